The second-order valence-corrected chi connectivity index (χ2v) is 7.67. The number of hydrogen-bond acceptors (Lipinski definition) is 5. The Hall–Kier alpha value is -3.64. The minimum absolute atomic E-state index is 0.244. The maximum atomic E-state index is 13.3. The number of hydrogen-bond donors (Lipinski definition) is 1. The second kappa shape index (κ2) is 8.00. The molecular formula is C24H17FN4S. The summed E-state index contributed by atoms with van der Waals surface area (Å²) >= 11 is 1.59. The van der Waals surface area contributed by atoms with Gasteiger partial charge in [0.05, 0.1) is 5.39 Å². The highest BCUT2D eigenvalue weighted by atomic mass is 32.1. The lowest BCUT2D eigenvalue weighted by molar-refractivity contribution is 0.627. The zero-order valence-electron chi connectivity index (χ0n) is 15.9. The van der Waals surface area contributed by atoms with Crippen LogP contribution in [0.25, 0.3) is 32.7 Å². The van der Waals surface area contributed by atoms with E-state index in [0.29, 0.717) is 12.4 Å². The molecule has 0 atom stereocenters. The van der Waals surface area contributed by atoms with E-state index < -0.39 is 0 Å². The topological polar surface area (TPSA) is 50.7 Å². The Morgan fingerprint density at radius 2 is 1.67 bits per heavy atom. The average molecular weight is 412 g/mol. The Morgan fingerprint density at radius 3 is 2.43 bits per heavy atom. The molecule has 0 spiro atoms. The van der Waals surface area contributed by atoms with E-state index in [1.165, 1.54) is 12.1 Å². The van der Waals surface area contributed by atoms with E-state index in [-0.39, 0.29) is 5.82 Å². The summed E-state index contributed by atoms with van der Waals surface area (Å²) in [6.45, 7) is 0.531. The lowest BCUT2D eigenvalue weighted by Crippen LogP contribution is -2.04. The van der Waals surface area contributed by atoms with Crippen LogP contribution < -0.4 is 5.32 Å². The van der Waals surface area contributed by atoms with Gasteiger partial charge in [0.2, 0.25) is 0 Å². The van der Waals surface area contributed by atoms with Gasteiger partial charge in [-0.05, 0) is 35.4 Å². The molecule has 2 aromatic carbocycles. The van der Waals surface area contributed by atoms with Crippen LogP contribution in [0.4, 0.5) is 10.2 Å². The summed E-state index contributed by atoms with van der Waals surface area (Å²) in [6, 6.07) is 20.5. The summed E-state index contributed by atoms with van der Waals surface area (Å²) in [7, 11) is 0. The van der Waals surface area contributed by atoms with Crippen LogP contribution in [0.1, 0.15) is 5.56 Å². The first kappa shape index (κ1) is 18.4. The number of anilines is 1. The Morgan fingerprint density at radius 1 is 0.867 bits per heavy atom. The highest BCUT2D eigenvalue weighted by Crippen LogP contribution is 2.38. The molecule has 0 saturated heterocycles. The third-order valence-electron chi connectivity index (χ3n) is 4.81. The molecular weight excluding hydrogens is 395 g/mol. The summed E-state index contributed by atoms with van der Waals surface area (Å²) < 4.78 is 13.3. The summed E-state index contributed by atoms with van der Waals surface area (Å²) in [5, 5.41) is 6.55. The SMILES string of the molecule is Fc1ccc(CNc2nc(-c3cccnc3)nc3scc(-c4ccccc4)c23)cc1. The first-order valence-corrected chi connectivity index (χ1v) is 10.4. The number of nitrogens with zero attached hydrogens (tertiary/aromatic N) is 3. The molecule has 4 nitrogen and oxygen atoms in total. The lowest BCUT2D eigenvalue weighted by atomic mass is 10.1. The monoisotopic (exact) mass is 412 g/mol. The maximum absolute atomic E-state index is 13.3. The van der Waals surface area contributed by atoms with E-state index in [2.05, 4.69) is 27.8 Å². The van der Waals surface area contributed by atoms with Gasteiger partial charge >= 0.3 is 0 Å². The summed E-state index contributed by atoms with van der Waals surface area (Å²) in [5.41, 5.74) is 4.04. The van der Waals surface area contributed by atoms with Crippen LogP contribution in [0.2, 0.25) is 0 Å². The molecule has 0 radical (unpaired) electrons. The third-order valence-corrected chi connectivity index (χ3v) is 5.68. The van der Waals surface area contributed by atoms with Gasteiger partial charge < -0.3 is 5.32 Å². The standard InChI is InChI=1S/C24H17FN4S/c25-19-10-8-16(9-11-19)13-27-23-21-20(17-5-2-1-3-6-17)15-30-24(21)29-22(28-23)18-7-4-12-26-14-18/h1-12,14-15H,13H2,(H,27,28,29). The van der Waals surface area contributed by atoms with E-state index in [1.54, 1.807) is 35.9 Å². The van der Waals surface area contributed by atoms with Crippen molar-refractivity contribution in [2.45, 2.75) is 6.54 Å². The molecule has 6 heteroatoms. The molecule has 3 aromatic heterocycles. The maximum Gasteiger partial charge on any atom is 0.164 e. The van der Waals surface area contributed by atoms with Gasteiger partial charge in [0.1, 0.15) is 16.5 Å². The number of nitrogens with one attached hydrogen (secondary N) is 1. The third kappa shape index (κ3) is 3.65. The van der Waals surface area contributed by atoms with Gasteiger partial charge in [-0.1, -0.05) is 42.5 Å². The second-order valence-electron chi connectivity index (χ2n) is 6.81. The van der Waals surface area contributed by atoms with Crippen molar-refractivity contribution in [3.63, 3.8) is 0 Å². The van der Waals surface area contributed by atoms with Crippen LogP contribution in [0.3, 0.4) is 0 Å². The average Bonchev–Trinajstić information content (AvgIpc) is 3.24. The van der Waals surface area contributed by atoms with Crippen molar-refractivity contribution in [1.82, 2.24) is 15.0 Å². The Kier molecular flexibility index (Phi) is 4.91. The fourth-order valence-corrected chi connectivity index (χ4v) is 4.26. The number of thiophene rings is 1. The van der Waals surface area contributed by atoms with E-state index in [0.717, 1.165) is 38.3 Å². The first-order valence-electron chi connectivity index (χ1n) is 9.51. The molecule has 0 amide bonds. The Labute approximate surface area is 177 Å². The molecule has 5 rings (SSSR count). The molecule has 5 aromatic rings. The minimum atomic E-state index is -0.244. The van der Waals surface area contributed by atoms with Crippen molar-refractivity contribution in [1.29, 1.82) is 0 Å². The van der Waals surface area contributed by atoms with Crippen molar-refractivity contribution in [3.05, 3.63) is 95.9 Å². The van der Waals surface area contributed by atoms with Gasteiger partial charge in [0.25, 0.3) is 0 Å². The van der Waals surface area contributed by atoms with E-state index in [1.807, 2.05) is 30.3 Å². The van der Waals surface area contributed by atoms with Crippen LogP contribution >= 0.6 is 11.3 Å². The number of aromatic nitrogens is 3. The van der Waals surface area contributed by atoms with E-state index in [4.69, 9.17) is 9.97 Å². The molecule has 0 unspecified atom stereocenters. The molecule has 0 saturated carbocycles. The predicted octanol–water partition coefficient (Wildman–Crippen LogP) is 6.17. The van der Waals surface area contributed by atoms with Crippen LogP contribution in [0, 0.1) is 5.82 Å². The Balaban J connectivity index is 1.62. The fraction of sp³-hybridized carbons (Fsp3) is 0.0417. The number of fused-ring (bicyclic) bond motifs is 1. The molecule has 0 aliphatic carbocycles. The van der Waals surface area contributed by atoms with Crippen LogP contribution in [0.15, 0.2) is 84.5 Å². The van der Waals surface area contributed by atoms with Crippen LogP contribution in [-0.4, -0.2) is 15.0 Å². The zero-order chi connectivity index (χ0) is 20.3. The van der Waals surface area contributed by atoms with Crippen molar-refractivity contribution in [3.8, 4) is 22.5 Å². The summed E-state index contributed by atoms with van der Waals surface area (Å²) in [6.07, 6.45) is 3.49. The van der Waals surface area contributed by atoms with E-state index >= 15 is 0 Å². The molecule has 3 heterocycles. The number of rotatable bonds is 5. The smallest absolute Gasteiger partial charge is 0.164 e. The molecule has 1 N–H and O–H groups in total. The van der Waals surface area contributed by atoms with Gasteiger partial charge in [0, 0.05) is 35.4 Å². The van der Waals surface area contributed by atoms with E-state index in [9.17, 15) is 4.39 Å². The highest BCUT2D eigenvalue weighted by Gasteiger charge is 2.16. The van der Waals surface area contributed by atoms with Crippen LogP contribution in [-0.2, 0) is 6.54 Å². The van der Waals surface area contributed by atoms with Gasteiger partial charge in [-0.3, -0.25) is 4.98 Å². The normalized spacial score (nSPS) is 11.0. The number of halogens is 1. The lowest BCUT2D eigenvalue weighted by Gasteiger charge is -2.11. The molecule has 0 aliphatic rings. The highest BCUT2D eigenvalue weighted by molar-refractivity contribution is 7.17. The van der Waals surface area contributed by atoms with Crippen LogP contribution in [0.5, 0.6) is 0 Å². The van der Waals surface area contributed by atoms with Gasteiger partial charge in [-0.25, -0.2) is 14.4 Å². The van der Waals surface area contributed by atoms with Gasteiger partial charge in [0.15, 0.2) is 5.82 Å². The Bertz CT molecular complexity index is 1290. The molecule has 0 bridgehead atoms. The minimum Gasteiger partial charge on any atom is -0.365 e. The van der Waals surface area contributed by atoms with Gasteiger partial charge in [-0.2, -0.15) is 0 Å². The van der Waals surface area contributed by atoms with Crippen molar-refractivity contribution >= 4 is 27.4 Å². The predicted molar refractivity (Wildman–Crippen MR) is 120 cm³/mol. The quantitative estimate of drug-likeness (QED) is 0.375. The number of benzene rings is 2. The zero-order valence-corrected chi connectivity index (χ0v) is 16.7. The molecule has 0 fully saturated rings. The first-order chi connectivity index (χ1) is 14.8. The van der Waals surface area contributed by atoms with Gasteiger partial charge in [-0.15, -0.1) is 11.3 Å². The molecule has 30 heavy (non-hydrogen) atoms. The summed E-state index contributed by atoms with van der Waals surface area (Å²) in [4.78, 5) is 14.7. The summed E-state index contributed by atoms with van der Waals surface area (Å²) in [5.74, 6) is 1.13. The van der Waals surface area contributed by atoms with Crippen molar-refractivity contribution in [2.75, 3.05) is 5.32 Å². The molecule has 146 valence electrons. The number of pyridine rings is 1. The molecule has 0 aliphatic heterocycles. The largest absolute Gasteiger partial charge is 0.365 e. The van der Waals surface area contributed by atoms with Crippen molar-refractivity contribution < 1.29 is 4.39 Å². The fourth-order valence-electron chi connectivity index (χ4n) is 3.31. The van der Waals surface area contributed by atoms with Crippen molar-refractivity contribution in [2.24, 2.45) is 0 Å².